The maximum absolute atomic E-state index is 10.8. The highest BCUT2D eigenvalue weighted by atomic mass is 16.5. The summed E-state index contributed by atoms with van der Waals surface area (Å²) in [6.07, 6.45) is -0.859. The van der Waals surface area contributed by atoms with Gasteiger partial charge in [-0.15, -0.1) is 0 Å². The second-order valence-electron chi connectivity index (χ2n) is 4.64. The molecule has 0 bridgehead atoms. The Morgan fingerprint density at radius 3 is 2.48 bits per heavy atom. The number of methoxy groups -OCH3 is 2. The van der Waals surface area contributed by atoms with Crippen molar-refractivity contribution in [2.75, 3.05) is 14.2 Å². The summed E-state index contributed by atoms with van der Waals surface area (Å²) in [7, 11) is 3.05. The lowest BCUT2D eigenvalue weighted by molar-refractivity contribution is -0.137. The van der Waals surface area contributed by atoms with Crippen LogP contribution in [0.5, 0.6) is 11.5 Å². The molecule has 1 unspecified atom stereocenters. The van der Waals surface area contributed by atoms with Gasteiger partial charge in [-0.2, -0.15) is 0 Å². The number of benzene rings is 1. The van der Waals surface area contributed by atoms with Crippen molar-refractivity contribution in [1.82, 2.24) is 9.55 Å². The minimum Gasteiger partial charge on any atom is -0.493 e. The smallest absolute Gasteiger partial charge is 0.305 e. The molecular formula is C14H18N2O5. The van der Waals surface area contributed by atoms with Crippen LogP contribution < -0.4 is 9.47 Å². The number of nitrogens with zero attached hydrogens (tertiary/aromatic N) is 2. The monoisotopic (exact) mass is 294 g/mol. The van der Waals surface area contributed by atoms with E-state index in [1.54, 1.807) is 23.6 Å². The van der Waals surface area contributed by atoms with Gasteiger partial charge in [-0.3, -0.25) is 4.79 Å². The molecule has 0 aliphatic heterocycles. The molecule has 21 heavy (non-hydrogen) atoms. The normalized spacial score (nSPS) is 12.4. The van der Waals surface area contributed by atoms with E-state index in [4.69, 9.17) is 14.6 Å². The Labute approximate surface area is 121 Å². The average molecular weight is 294 g/mol. The van der Waals surface area contributed by atoms with E-state index in [9.17, 15) is 9.90 Å². The first-order chi connectivity index (χ1) is 9.97. The molecule has 7 heteroatoms. The molecule has 0 fully saturated rings. The Kier molecular flexibility index (Phi) is 4.32. The first-order valence-electron chi connectivity index (χ1n) is 6.50. The molecule has 0 aliphatic carbocycles. The van der Waals surface area contributed by atoms with Crippen LogP contribution in [-0.4, -0.2) is 40.0 Å². The maximum atomic E-state index is 10.8. The van der Waals surface area contributed by atoms with Crippen molar-refractivity contribution in [3.63, 3.8) is 0 Å². The van der Waals surface area contributed by atoms with E-state index in [2.05, 4.69) is 4.98 Å². The van der Waals surface area contributed by atoms with Gasteiger partial charge in [-0.1, -0.05) is 0 Å². The fourth-order valence-corrected chi connectivity index (χ4v) is 2.23. The van der Waals surface area contributed by atoms with Crippen molar-refractivity contribution < 1.29 is 24.5 Å². The Hall–Kier alpha value is -2.28. The van der Waals surface area contributed by atoms with Gasteiger partial charge in [-0.25, -0.2) is 4.98 Å². The molecule has 7 nitrogen and oxygen atoms in total. The SMILES string of the molecule is COc1cc2nc(C(C)O)n(CCC(=O)O)c2cc1OC. The Bertz CT molecular complexity index is 663. The summed E-state index contributed by atoms with van der Waals surface area (Å²) in [5.74, 6) is 0.569. The summed E-state index contributed by atoms with van der Waals surface area (Å²) >= 11 is 0. The van der Waals surface area contributed by atoms with Gasteiger partial charge in [0.05, 0.1) is 31.7 Å². The third-order valence-corrected chi connectivity index (χ3v) is 3.21. The van der Waals surface area contributed by atoms with Crippen LogP contribution in [0.1, 0.15) is 25.3 Å². The van der Waals surface area contributed by atoms with Gasteiger partial charge in [-0.05, 0) is 6.92 Å². The highest BCUT2D eigenvalue weighted by Gasteiger charge is 2.18. The zero-order chi connectivity index (χ0) is 15.6. The molecule has 1 aromatic carbocycles. The van der Waals surface area contributed by atoms with E-state index in [1.807, 2.05) is 0 Å². The van der Waals surface area contributed by atoms with Gasteiger partial charge in [0.1, 0.15) is 11.9 Å². The van der Waals surface area contributed by atoms with Crippen molar-refractivity contribution in [2.24, 2.45) is 0 Å². The molecule has 0 saturated carbocycles. The number of aliphatic carboxylic acids is 1. The van der Waals surface area contributed by atoms with E-state index in [0.717, 1.165) is 0 Å². The number of carboxylic acid groups (broad SMARTS) is 1. The summed E-state index contributed by atoms with van der Waals surface area (Å²) in [4.78, 5) is 15.2. The summed E-state index contributed by atoms with van der Waals surface area (Å²) in [5, 5.41) is 18.7. The highest BCUT2D eigenvalue weighted by Crippen LogP contribution is 2.33. The number of carboxylic acids is 1. The van der Waals surface area contributed by atoms with Crippen LogP contribution in [0.4, 0.5) is 0 Å². The number of ether oxygens (including phenoxy) is 2. The number of fused-ring (bicyclic) bond motifs is 1. The molecule has 2 N–H and O–H groups in total. The minimum atomic E-state index is -0.908. The fraction of sp³-hybridized carbons (Fsp3) is 0.429. The number of carbonyl (C=O) groups is 1. The van der Waals surface area contributed by atoms with Gasteiger partial charge in [0, 0.05) is 18.7 Å². The Morgan fingerprint density at radius 2 is 1.95 bits per heavy atom. The largest absolute Gasteiger partial charge is 0.493 e. The second-order valence-corrected chi connectivity index (χ2v) is 4.64. The van der Waals surface area contributed by atoms with Crippen LogP contribution in [0.15, 0.2) is 12.1 Å². The third-order valence-electron chi connectivity index (χ3n) is 3.21. The summed E-state index contributed by atoms with van der Waals surface area (Å²) in [5.41, 5.74) is 1.32. The molecule has 0 radical (unpaired) electrons. The number of hydrogen-bond acceptors (Lipinski definition) is 5. The van der Waals surface area contributed by atoms with Gasteiger partial charge in [0.25, 0.3) is 0 Å². The van der Waals surface area contributed by atoms with E-state index in [1.165, 1.54) is 14.2 Å². The predicted octanol–water partition coefficient (Wildman–Crippen LogP) is 1.58. The molecule has 2 aromatic rings. The lowest BCUT2D eigenvalue weighted by atomic mass is 10.2. The highest BCUT2D eigenvalue weighted by molar-refractivity contribution is 5.81. The van der Waals surface area contributed by atoms with E-state index < -0.39 is 12.1 Å². The van der Waals surface area contributed by atoms with Crippen LogP contribution in [0, 0.1) is 0 Å². The molecule has 1 heterocycles. The Morgan fingerprint density at radius 1 is 1.33 bits per heavy atom. The molecule has 2 rings (SSSR count). The van der Waals surface area contributed by atoms with Crippen molar-refractivity contribution in [3.05, 3.63) is 18.0 Å². The van der Waals surface area contributed by atoms with E-state index >= 15 is 0 Å². The maximum Gasteiger partial charge on any atom is 0.305 e. The standard InChI is InChI=1S/C14H18N2O5/c1-8(17)14-15-9-6-11(20-2)12(21-3)7-10(9)16(14)5-4-13(18)19/h6-8,17H,4-5H2,1-3H3,(H,18,19). The number of imidazole rings is 1. The van der Waals surface area contributed by atoms with Crippen molar-refractivity contribution >= 4 is 17.0 Å². The topological polar surface area (TPSA) is 93.8 Å². The van der Waals surface area contributed by atoms with Crippen molar-refractivity contribution in [2.45, 2.75) is 26.0 Å². The number of rotatable bonds is 6. The second kappa shape index (κ2) is 6.01. The molecule has 1 aromatic heterocycles. The lowest BCUT2D eigenvalue weighted by Gasteiger charge is -2.11. The van der Waals surface area contributed by atoms with Gasteiger partial charge < -0.3 is 24.3 Å². The zero-order valence-corrected chi connectivity index (χ0v) is 12.2. The van der Waals surface area contributed by atoms with E-state index in [-0.39, 0.29) is 13.0 Å². The Balaban J connectivity index is 2.61. The van der Waals surface area contributed by atoms with Crippen LogP contribution in [0.25, 0.3) is 11.0 Å². The number of hydrogen-bond donors (Lipinski definition) is 2. The average Bonchev–Trinajstić information content (AvgIpc) is 2.81. The number of aromatic nitrogens is 2. The molecule has 0 spiro atoms. The first-order valence-corrected chi connectivity index (χ1v) is 6.50. The number of aryl methyl sites for hydroxylation is 1. The minimum absolute atomic E-state index is 0.0560. The van der Waals surface area contributed by atoms with E-state index in [0.29, 0.717) is 28.4 Å². The number of aliphatic hydroxyl groups excluding tert-OH is 1. The van der Waals surface area contributed by atoms with Gasteiger partial charge in [0.2, 0.25) is 0 Å². The number of aliphatic hydroxyl groups is 1. The summed E-state index contributed by atoms with van der Waals surface area (Å²) < 4.78 is 12.2. The molecule has 114 valence electrons. The summed E-state index contributed by atoms with van der Waals surface area (Å²) in [6, 6.07) is 3.44. The van der Waals surface area contributed by atoms with Crippen LogP contribution in [0.3, 0.4) is 0 Å². The molecule has 0 saturated heterocycles. The lowest BCUT2D eigenvalue weighted by Crippen LogP contribution is -2.10. The van der Waals surface area contributed by atoms with Crippen LogP contribution in [0.2, 0.25) is 0 Å². The third kappa shape index (κ3) is 2.92. The van der Waals surface area contributed by atoms with Crippen LogP contribution in [-0.2, 0) is 11.3 Å². The molecule has 0 amide bonds. The van der Waals surface area contributed by atoms with Crippen molar-refractivity contribution in [3.8, 4) is 11.5 Å². The first kappa shape index (κ1) is 15.1. The van der Waals surface area contributed by atoms with Gasteiger partial charge in [0.15, 0.2) is 11.5 Å². The van der Waals surface area contributed by atoms with Crippen molar-refractivity contribution in [1.29, 1.82) is 0 Å². The fourth-order valence-electron chi connectivity index (χ4n) is 2.23. The van der Waals surface area contributed by atoms with Gasteiger partial charge >= 0.3 is 5.97 Å². The molecule has 0 aliphatic rings. The van der Waals surface area contributed by atoms with Crippen LogP contribution >= 0.6 is 0 Å². The predicted molar refractivity (Wildman–Crippen MR) is 75.7 cm³/mol. The quantitative estimate of drug-likeness (QED) is 0.840. The molecular weight excluding hydrogens is 276 g/mol. The summed E-state index contributed by atoms with van der Waals surface area (Å²) in [6.45, 7) is 1.81. The molecule has 1 atom stereocenters. The zero-order valence-electron chi connectivity index (χ0n) is 12.2.